The Labute approximate surface area is 134 Å². The lowest BCUT2D eigenvalue weighted by molar-refractivity contribution is 0.371. The normalized spacial score (nSPS) is 11.7. The van der Waals surface area contributed by atoms with E-state index in [-0.39, 0.29) is 0 Å². The van der Waals surface area contributed by atoms with Crippen molar-refractivity contribution in [2.45, 2.75) is 33.2 Å². The van der Waals surface area contributed by atoms with Crippen LogP contribution in [-0.4, -0.2) is 46.6 Å². The van der Waals surface area contributed by atoms with Crippen molar-refractivity contribution in [3.63, 3.8) is 0 Å². The maximum absolute atomic E-state index is 5.09. The number of rotatable bonds is 6. The van der Waals surface area contributed by atoms with E-state index in [1.807, 2.05) is 20.9 Å². The van der Waals surface area contributed by atoms with Gasteiger partial charge in [-0.2, -0.15) is 4.98 Å². The molecule has 0 aromatic carbocycles. The predicted octanol–water partition coefficient (Wildman–Crippen LogP) is 1.78. The Morgan fingerprint density at radius 3 is 2.82 bits per heavy atom. The highest BCUT2D eigenvalue weighted by Crippen LogP contribution is 2.09. The minimum absolute atomic E-state index is 0.678. The maximum atomic E-state index is 5.09. The molecule has 2 rings (SSSR count). The standard InChI is InChI=1S/C14H22N6OS/c1-10-17-13(21-19-10)6-5-7-16-14(15-3)20(4)8-12-9-22-11(2)18-12/h9H,5-8H2,1-4H3,(H,15,16). The van der Waals surface area contributed by atoms with Crippen molar-refractivity contribution < 1.29 is 4.52 Å². The first kappa shape index (κ1) is 16.4. The third-order valence-corrected chi connectivity index (χ3v) is 3.88. The lowest BCUT2D eigenvalue weighted by Gasteiger charge is -2.21. The van der Waals surface area contributed by atoms with Crippen LogP contribution in [0, 0.1) is 13.8 Å². The maximum Gasteiger partial charge on any atom is 0.226 e. The monoisotopic (exact) mass is 322 g/mol. The molecule has 0 amide bonds. The highest BCUT2D eigenvalue weighted by Gasteiger charge is 2.09. The molecule has 8 heteroatoms. The van der Waals surface area contributed by atoms with Crippen molar-refractivity contribution >= 4 is 17.3 Å². The first-order valence-electron chi connectivity index (χ1n) is 7.20. The van der Waals surface area contributed by atoms with E-state index >= 15 is 0 Å². The molecule has 0 saturated carbocycles. The van der Waals surface area contributed by atoms with E-state index in [0.29, 0.717) is 11.7 Å². The highest BCUT2D eigenvalue weighted by atomic mass is 32.1. The first-order chi connectivity index (χ1) is 10.6. The zero-order valence-corrected chi connectivity index (χ0v) is 14.3. The van der Waals surface area contributed by atoms with Gasteiger partial charge in [-0.1, -0.05) is 5.16 Å². The van der Waals surface area contributed by atoms with Crippen LogP contribution in [0.5, 0.6) is 0 Å². The Bertz CT molecular complexity index is 620. The molecule has 0 saturated heterocycles. The molecule has 1 N–H and O–H groups in total. The molecule has 0 aliphatic carbocycles. The van der Waals surface area contributed by atoms with Gasteiger partial charge in [0.1, 0.15) is 0 Å². The summed E-state index contributed by atoms with van der Waals surface area (Å²) in [5.74, 6) is 2.21. The van der Waals surface area contributed by atoms with Crippen LogP contribution in [0.15, 0.2) is 14.9 Å². The fourth-order valence-electron chi connectivity index (χ4n) is 2.06. The summed E-state index contributed by atoms with van der Waals surface area (Å²) in [4.78, 5) is 15.0. The van der Waals surface area contributed by atoms with Crippen LogP contribution in [-0.2, 0) is 13.0 Å². The van der Waals surface area contributed by atoms with E-state index in [0.717, 1.165) is 42.6 Å². The van der Waals surface area contributed by atoms with Crippen molar-refractivity contribution in [3.05, 3.63) is 27.8 Å². The van der Waals surface area contributed by atoms with Crippen LogP contribution >= 0.6 is 11.3 Å². The summed E-state index contributed by atoms with van der Waals surface area (Å²) in [6.07, 6.45) is 1.67. The van der Waals surface area contributed by atoms with Gasteiger partial charge in [0.25, 0.3) is 0 Å². The third kappa shape index (κ3) is 4.80. The van der Waals surface area contributed by atoms with E-state index in [2.05, 4.69) is 35.7 Å². The van der Waals surface area contributed by atoms with Crippen molar-refractivity contribution in [2.75, 3.05) is 20.6 Å². The number of guanidine groups is 1. The van der Waals surface area contributed by atoms with Gasteiger partial charge >= 0.3 is 0 Å². The van der Waals surface area contributed by atoms with Gasteiger partial charge in [0.15, 0.2) is 11.8 Å². The molecule has 7 nitrogen and oxygen atoms in total. The van der Waals surface area contributed by atoms with Gasteiger partial charge in [-0.3, -0.25) is 4.99 Å². The molecular weight excluding hydrogens is 300 g/mol. The van der Waals surface area contributed by atoms with Gasteiger partial charge in [0, 0.05) is 32.4 Å². The molecule has 120 valence electrons. The van der Waals surface area contributed by atoms with Crippen molar-refractivity contribution in [2.24, 2.45) is 4.99 Å². The number of hydrogen-bond donors (Lipinski definition) is 1. The first-order valence-corrected chi connectivity index (χ1v) is 8.08. The van der Waals surface area contributed by atoms with E-state index in [1.54, 1.807) is 18.4 Å². The number of aryl methyl sites for hydroxylation is 3. The van der Waals surface area contributed by atoms with E-state index in [1.165, 1.54) is 0 Å². The molecule has 2 aromatic rings. The molecule has 0 aliphatic rings. The van der Waals surface area contributed by atoms with Crippen molar-refractivity contribution in [1.82, 2.24) is 25.3 Å². The fraction of sp³-hybridized carbons (Fsp3) is 0.571. The lowest BCUT2D eigenvalue weighted by atomic mass is 10.3. The summed E-state index contributed by atoms with van der Waals surface area (Å²) in [5.41, 5.74) is 1.06. The second-order valence-corrected chi connectivity index (χ2v) is 6.09. The van der Waals surface area contributed by atoms with Crippen LogP contribution in [0.1, 0.15) is 28.8 Å². The number of aliphatic imine (C=N–C) groups is 1. The van der Waals surface area contributed by atoms with Crippen molar-refractivity contribution in [1.29, 1.82) is 0 Å². The molecule has 22 heavy (non-hydrogen) atoms. The summed E-state index contributed by atoms with van der Waals surface area (Å²) in [7, 11) is 3.79. The average Bonchev–Trinajstić information content (AvgIpc) is 3.07. The molecule has 0 bridgehead atoms. The Kier molecular flexibility index (Phi) is 5.88. The SMILES string of the molecule is CN=C(NCCCc1nc(C)no1)N(C)Cc1csc(C)n1. The number of hydrogen-bond acceptors (Lipinski definition) is 6. The van der Waals surface area contributed by atoms with Gasteiger partial charge in [0.05, 0.1) is 17.2 Å². The predicted molar refractivity (Wildman–Crippen MR) is 87.0 cm³/mol. The molecule has 2 aromatic heterocycles. The number of nitrogens with one attached hydrogen (secondary N) is 1. The zero-order valence-electron chi connectivity index (χ0n) is 13.5. The lowest BCUT2D eigenvalue weighted by Crippen LogP contribution is -2.39. The number of aromatic nitrogens is 3. The molecule has 0 unspecified atom stereocenters. The minimum atomic E-state index is 0.678. The fourth-order valence-corrected chi connectivity index (χ4v) is 2.67. The van der Waals surface area contributed by atoms with Crippen LogP contribution in [0.25, 0.3) is 0 Å². The highest BCUT2D eigenvalue weighted by molar-refractivity contribution is 7.09. The summed E-state index contributed by atoms with van der Waals surface area (Å²) >= 11 is 1.67. The van der Waals surface area contributed by atoms with Gasteiger partial charge in [0.2, 0.25) is 5.89 Å². The molecular formula is C14H22N6OS. The Morgan fingerprint density at radius 1 is 1.41 bits per heavy atom. The quantitative estimate of drug-likeness (QED) is 0.496. The van der Waals surface area contributed by atoms with Crippen LogP contribution < -0.4 is 5.32 Å². The van der Waals surface area contributed by atoms with Crippen LogP contribution in [0.4, 0.5) is 0 Å². The minimum Gasteiger partial charge on any atom is -0.356 e. The molecule has 0 fully saturated rings. The van der Waals surface area contributed by atoms with Gasteiger partial charge in [-0.25, -0.2) is 4.98 Å². The van der Waals surface area contributed by atoms with E-state index in [9.17, 15) is 0 Å². The molecule has 0 aliphatic heterocycles. The van der Waals surface area contributed by atoms with Crippen molar-refractivity contribution in [3.8, 4) is 0 Å². The van der Waals surface area contributed by atoms with Gasteiger partial charge in [-0.05, 0) is 20.3 Å². The molecule has 2 heterocycles. The summed E-state index contributed by atoms with van der Waals surface area (Å²) in [6, 6.07) is 0. The summed E-state index contributed by atoms with van der Waals surface area (Å²) in [5, 5.41) is 10.3. The number of thiazole rings is 1. The van der Waals surface area contributed by atoms with Gasteiger partial charge < -0.3 is 14.7 Å². The second kappa shape index (κ2) is 7.88. The molecule has 0 atom stereocenters. The average molecular weight is 322 g/mol. The Hall–Kier alpha value is -1.96. The summed E-state index contributed by atoms with van der Waals surface area (Å²) < 4.78 is 5.09. The molecule has 0 spiro atoms. The Morgan fingerprint density at radius 2 is 2.23 bits per heavy atom. The smallest absolute Gasteiger partial charge is 0.226 e. The number of nitrogens with zero attached hydrogens (tertiary/aromatic N) is 5. The Balaban J connectivity index is 1.74. The van der Waals surface area contributed by atoms with Crippen LogP contribution in [0.3, 0.4) is 0 Å². The van der Waals surface area contributed by atoms with E-state index < -0.39 is 0 Å². The topological polar surface area (TPSA) is 79.4 Å². The van der Waals surface area contributed by atoms with E-state index in [4.69, 9.17) is 4.52 Å². The largest absolute Gasteiger partial charge is 0.356 e. The summed E-state index contributed by atoms with van der Waals surface area (Å²) in [6.45, 7) is 5.38. The van der Waals surface area contributed by atoms with Crippen LogP contribution in [0.2, 0.25) is 0 Å². The third-order valence-electron chi connectivity index (χ3n) is 3.06. The van der Waals surface area contributed by atoms with Gasteiger partial charge in [-0.15, -0.1) is 11.3 Å². The second-order valence-electron chi connectivity index (χ2n) is 5.03. The molecule has 0 radical (unpaired) electrons. The zero-order chi connectivity index (χ0) is 15.9.